The van der Waals surface area contributed by atoms with Gasteiger partial charge >= 0.3 is 0 Å². The minimum Gasteiger partial charge on any atom is -0.310 e. The molecule has 7 aromatic rings. The second-order valence-electron chi connectivity index (χ2n) is 13.2. The van der Waals surface area contributed by atoms with Gasteiger partial charge in [-0.25, -0.2) is 0 Å². The molecule has 0 aliphatic heterocycles. The van der Waals surface area contributed by atoms with Crippen LogP contribution in [0.4, 0.5) is 11.4 Å². The number of aryl methyl sites for hydroxylation is 1. The number of para-hydroxylation sites is 2. The summed E-state index contributed by atoms with van der Waals surface area (Å²) in [4.78, 5) is 2.26. The fourth-order valence-corrected chi connectivity index (χ4v) is 7.28. The molecule has 0 fully saturated rings. The van der Waals surface area contributed by atoms with E-state index in [0.29, 0.717) is 0 Å². The SMILES string of the molecule is C=C(c1ccc(-c2ccc3c(c2)C(C)(C)c2cc(-c4ccc5ccccc5c4)ccc2-3)cc1)N(c1ccccc1)c1ccccc1C. The maximum absolute atomic E-state index is 4.58. The number of hydrogen-bond acceptors (Lipinski definition) is 1. The zero-order chi connectivity index (χ0) is 32.1. The lowest BCUT2D eigenvalue weighted by Gasteiger charge is -2.29. The van der Waals surface area contributed by atoms with Crippen molar-refractivity contribution in [2.75, 3.05) is 4.90 Å². The molecule has 0 aromatic heterocycles. The molecule has 8 rings (SSSR count). The number of fused-ring (bicyclic) bond motifs is 4. The second kappa shape index (κ2) is 11.3. The standard InChI is InChI=1S/C46H37N/c1-31-12-8-11-17-45(31)47(40-15-6-5-7-16-40)32(2)33-18-20-35(21-19-33)38-24-26-41-42-27-25-39(30-44(42)46(3,4)43(41)29-38)37-23-22-34-13-9-10-14-36(34)28-37/h5-30H,2H2,1,3-4H3. The molecule has 0 saturated carbocycles. The van der Waals surface area contributed by atoms with Crippen molar-refractivity contribution in [3.63, 3.8) is 0 Å². The van der Waals surface area contributed by atoms with Crippen molar-refractivity contribution >= 4 is 27.8 Å². The van der Waals surface area contributed by atoms with Gasteiger partial charge in [0.05, 0.1) is 0 Å². The number of nitrogens with zero attached hydrogens (tertiary/aromatic N) is 1. The fourth-order valence-electron chi connectivity index (χ4n) is 7.28. The topological polar surface area (TPSA) is 3.24 Å². The molecular formula is C46H37N. The molecular weight excluding hydrogens is 567 g/mol. The Morgan fingerprint density at radius 3 is 1.72 bits per heavy atom. The van der Waals surface area contributed by atoms with Crippen LogP contribution in [0.25, 0.3) is 49.9 Å². The van der Waals surface area contributed by atoms with E-state index < -0.39 is 0 Å². The lowest BCUT2D eigenvalue weighted by atomic mass is 9.80. The van der Waals surface area contributed by atoms with Crippen LogP contribution in [0.15, 0.2) is 164 Å². The Morgan fingerprint density at radius 2 is 1.04 bits per heavy atom. The van der Waals surface area contributed by atoms with E-state index in [4.69, 9.17) is 0 Å². The van der Waals surface area contributed by atoms with Crippen LogP contribution in [0.1, 0.15) is 36.1 Å². The Labute approximate surface area is 278 Å². The van der Waals surface area contributed by atoms with Gasteiger partial charge in [-0.15, -0.1) is 0 Å². The first-order valence-corrected chi connectivity index (χ1v) is 16.4. The Kier molecular flexibility index (Phi) is 6.92. The molecule has 7 aromatic carbocycles. The number of rotatable bonds is 6. The Balaban J connectivity index is 1.11. The van der Waals surface area contributed by atoms with E-state index in [1.807, 2.05) is 0 Å². The molecule has 226 valence electrons. The molecule has 0 spiro atoms. The second-order valence-corrected chi connectivity index (χ2v) is 13.2. The van der Waals surface area contributed by atoms with E-state index in [1.54, 1.807) is 0 Å². The Hall–Kier alpha value is -5.66. The summed E-state index contributed by atoms with van der Waals surface area (Å²) in [5.74, 6) is 0. The van der Waals surface area contributed by atoms with Crippen molar-refractivity contribution in [1.29, 1.82) is 0 Å². The van der Waals surface area contributed by atoms with Crippen molar-refractivity contribution < 1.29 is 0 Å². The zero-order valence-corrected chi connectivity index (χ0v) is 27.2. The quantitative estimate of drug-likeness (QED) is 0.183. The lowest BCUT2D eigenvalue weighted by Crippen LogP contribution is -2.15. The van der Waals surface area contributed by atoms with Crippen LogP contribution < -0.4 is 4.90 Å². The fraction of sp³-hybridized carbons (Fsp3) is 0.0870. The Morgan fingerprint density at radius 1 is 0.511 bits per heavy atom. The predicted octanol–water partition coefficient (Wildman–Crippen LogP) is 12.6. The van der Waals surface area contributed by atoms with Gasteiger partial charge in [0.2, 0.25) is 0 Å². The van der Waals surface area contributed by atoms with E-state index in [9.17, 15) is 0 Å². The van der Waals surface area contributed by atoms with Crippen LogP contribution in [0.3, 0.4) is 0 Å². The molecule has 0 radical (unpaired) electrons. The molecule has 0 heterocycles. The summed E-state index contributed by atoms with van der Waals surface area (Å²) in [5, 5.41) is 2.55. The maximum atomic E-state index is 4.58. The van der Waals surface area contributed by atoms with Gasteiger partial charge in [0, 0.05) is 22.5 Å². The first-order chi connectivity index (χ1) is 22.9. The average molecular weight is 604 g/mol. The molecule has 1 aliphatic rings. The summed E-state index contributed by atoms with van der Waals surface area (Å²) in [6.45, 7) is 11.5. The van der Waals surface area contributed by atoms with Gasteiger partial charge in [0.25, 0.3) is 0 Å². The third kappa shape index (κ3) is 4.96. The number of benzene rings is 7. The molecule has 0 unspecified atom stereocenters. The van der Waals surface area contributed by atoms with E-state index in [2.05, 4.69) is 190 Å². The molecule has 1 aliphatic carbocycles. The third-order valence-electron chi connectivity index (χ3n) is 9.95. The molecule has 0 saturated heterocycles. The zero-order valence-electron chi connectivity index (χ0n) is 27.2. The molecule has 0 atom stereocenters. The number of hydrogen-bond donors (Lipinski definition) is 0. The predicted molar refractivity (Wildman–Crippen MR) is 201 cm³/mol. The van der Waals surface area contributed by atoms with E-state index in [1.165, 1.54) is 60.8 Å². The third-order valence-corrected chi connectivity index (χ3v) is 9.95. The smallest absolute Gasteiger partial charge is 0.0490 e. The minimum absolute atomic E-state index is 0.106. The minimum atomic E-state index is -0.106. The van der Waals surface area contributed by atoms with Crippen molar-refractivity contribution in [2.24, 2.45) is 0 Å². The molecule has 47 heavy (non-hydrogen) atoms. The van der Waals surface area contributed by atoms with Crippen molar-refractivity contribution in [3.05, 3.63) is 187 Å². The average Bonchev–Trinajstić information content (AvgIpc) is 3.34. The largest absolute Gasteiger partial charge is 0.310 e. The van der Waals surface area contributed by atoms with Crippen LogP contribution in [-0.2, 0) is 5.41 Å². The molecule has 0 bridgehead atoms. The summed E-state index contributed by atoms with van der Waals surface area (Å²) in [7, 11) is 0. The van der Waals surface area contributed by atoms with Crippen LogP contribution in [-0.4, -0.2) is 0 Å². The van der Waals surface area contributed by atoms with Crippen LogP contribution in [0, 0.1) is 6.92 Å². The monoisotopic (exact) mass is 603 g/mol. The maximum Gasteiger partial charge on any atom is 0.0490 e. The summed E-state index contributed by atoms with van der Waals surface area (Å²) >= 11 is 0. The van der Waals surface area contributed by atoms with Crippen LogP contribution in [0.5, 0.6) is 0 Å². The number of anilines is 2. The normalized spacial score (nSPS) is 12.8. The molecule has 0 N–H and O–H groups in total. The van der Waals surface area contributed by atoms with E-state index in [0.717, 1.165) is 22.6 Å². The lowest BCUT2D eigenvalue weighted by molar-refractivity contribution is 0.661. The van der Waals surface area contributed by atoms with Crippen molar-refractivity contribution in [2.45, 2.75) is 26.2 Å². The van der Waals surface area contributed by atoms with Crippen molar-refractivity contribution in [3.8, 4) is 33.4 Å². The van der Waals surface area contributed by atoms with Crippen LogP contribution in [0.2, 0.25) is 0 Å². The van der Waals surface area contributed by atoms with Gasteiger partial charge < -0.3 is 4.90 Å². The highest BCUT2D eigenvalue weighted by atomic mass is 15.1. The van der Waals surface area contributed by atoms with Gasteiger partial charge in [-0.05, 0) is 110 Å². The highest BCUT2D eigenvalue weighted by Crippen LogP contribution is 2.50. The first kappa shape index (κ1) is 28.8. The van der Waals surface area contributed by atoms with Crippen LogP contribution >= 0.6 is 0 Å². The highest BCUT2D eigenvalue weighted by Gasteiger charge is 2.36. The molecule has 0 amide bonds. The molecule has 1 nitrogen and oxygen atoms in total. The molecule has 1 heteroatoms. The van der Waals surface area contributed by atoms with Gasteiger partial charge in [-0.1, -0.05) is 142 Å². The van der Waals surface area contributed by atoms with Gasteiger partial charge in [0.1, 0.15) is 0 Å². The first-order valence-electron chi connectivity index (χ1n) is 16.4. The van der Waals surface area contributed by atoms with Crippen molar-refractivity contribution in [1.82, 2.24) is 0 Å². The summed E-state index contributed by atoms with van der Waals surface area (Å²) in [5.41, 5.74) is 15.8. The summed E-state index contributed by atoms with van der Waals surface area (Å²) in [6, 6.07) is 57.2. The van der Waals surface area contributed by atoms with Gasteiger partial charge in [0.15, 0.2) is 0 Å². The summed E-state index contributed by atoms with van der Waals surface area (Å²) < 4.78 is 0. The van der Waals surface area contributed by atoms with E-state index in [-0.39, 0.29) is 5.41 Å². The summed E-state index contributed by atoms with van der Waals surface area (Å²) in [6.07, 6.45) is 0. The van der Waals surface area contributed by atoms with E-state index >= 15 is 0 Å². The Bertz CT molecular complexity index is 2290. The highest BCUT2D eigenvalue weighted by molar-refractivity contribution is 5.91. The van der Waals surface area contributed by atoms with Gasteiger partial charge in [-0.2, -0.15) is 0 Å². The van der Waals surface area contributed by atoms with Gasteiger partial charge in [-0.3, -0.25) is 0 Å².